The third-order valence-corrected chi connectivity index (χ3v) is 4.70. The Morgan fingerprint density at radius 3 is 2.63 bits per heavy atom. The molecule has 27 heavy (non-hydrogen) atoms. The summed E-state index contributed by atoms with van der Waals surface area (Å²) in [4.78, 5) is 27.7. The average molecular weight is 383 g/mol. The van der Waals surface area contributed by atoms with Crippen LogP contribution in [0.15, 0.2) is 47.8 Å². The molecule has 0 bridgehead atoms. The van der Waals surface area contributed by atoms with Gasteiger partial charge in [0.2, 0.25) is 11.8 Å². The van der Waals surface area contributed by atoms with Crippen molar-refractivity contribution in [3.8, 4) is 11.3 Å². The number of aromatic nitrogens is 1. The van der Waals surface area contributed by atoms with Crippen molar-refractivity contribution in [2.24, 2.45) is 0 Å². The van der Waals surface area contributed by atoms with Crippen LogP contribution < -0.4 is 10.6 Å². The number of para-hydroxylation sites is 1. The van der Waals surface area contributed by atoms with Crippen molar-refractivity contribution in [3.63, 3.8) is 0 Å². The number of anilines is 2. The first-order chi connectivity index (χ1) is 12.9. The van der Waals surface area contributed by atoms with E-state index in [1.807, 2.05) is 31.2 Å². The fourth-order valence-electron chi connectivity index (χ4n) is 2.56. The Hall–Kier alpha value is -3.06. The van der Waals surface area contributed by atoms with Crippen LogP contribution in [0, 0.1) is 12.7 Å². The molecule has 3 aromatic rings. The summed E-state index contributed by atoms with van der Waals surface area (Å²) in [6.45, 7) is 3.28. The number of benzene rings is 2. The highest BCUT2D eigenvalue weighted by Crippen LogP contribution is 2.27. The Morgan fingerprint density at radius 1 is 1.15 bits per heavy atom. The van der Waals surface area contributed by atoms with Crippen molar-refractivity contribution in [3.05, 3.63) is 64.2 Å². The number of carbonyl (C=O) groups excluding carboxylic acids is 2. The third-order valence-electron chi connectivity index (χ3n) is 3.85. The van der Waals surface area contributed by atoms with E-state index in [9.17, 15) is 14.0 Å². The van der Waals surface area contributed by atoms with Crippen LogP contribution in [0.3, 0.4) is 0 Å². The van der Waals surface area contributed by atoms with Gasteiger partial charge in [-0.1, -0.05) is 18.2 Å². The van der Waals surface area contributed by atoms with Gasteiger partial charge in [0.1, 0.15) is 10.8 Å². The highest BCUT2D eigenvalue weighted by atomic mass is 32.1. The lowest BCUT2D eigenvalue weighted by Crippen LogP contribution is -2.15. The zero-order valence-corrected chi connectivity index (χ0v) is 15.7. The molecule has 0 saturated heterocycles. The molecule has 0 aliphatic carbocycles. The van der Waals surface area contributed by atoms with Gasteiger partial charge < -0.3 is 10.6 Å². The predicted molar refractivity (Wildman–Crippen MR) is 105 cm³/mol. The molecule has 138 valence electrons. The van der Waals surface area contributed by atoms with Gasteiger partial charge in [-0.25, -0.2) is 9.37 Å². The van der Waals surface area contributed by atoms with E-state index in [0.29, 0.717) is 22.0 Å². The number of amides is 2. The molecule has 0 fully saturated rings. The molecular weight excluding hydrogens is 365 g/mol. The van der Waals surface area contributed by atoms with Crippen LogP contribution >= 0.6 is 11.3 Å². The second-order valence-electron chi connectivity index (χ2n) is 6.04. The summed E-state index contributed by atoms with van der Waals surface area (Å²) in [6, 6.07) is 12.0. The van der Waals surface area contributed by atoms with E-state index in [-0.39, 0.29) is 18.2 Å². The summed E-state index contributed by atoms with van der Waals surface area (Å²) in [5.74, 6) is -0.924. The molecule has 0 aliphatic rings. The smallest absolute Gasteiger partial charge is 0.231 e. The van der Waals surface area contributed by atoms with E-state index in [2.05, 4.69) is 15.6 Å². The van der Waals surface area contributed by atoms with Gasteiger partial charge in [-0.15, -0.1) is 11.3 Å². The molecule has 0 atom stereocenters. The number of thiazole rings is 1. The second kappa shape index (κ2) is 8.09. The van der Waals surface area contributed by atoms with Crippen molar-refractivity contribution in [2.45, 2.75) is 20.3 Å². The second-order valence-corrected chi connectivity index (χ2v) is 6.98. The molecule has 0 aliphatic heterocycles. The SMILES string of the molecule is CC(=O)Nc1ccc(-c2csc(CC(=O)Nc3ccccc3C)n2)c(F)c1. The molecule has 0 unspecified atom stereocenters. The topological polar surface area (TPSA) is 71.1 Å². The number of nitrogens with zero attached hydrogens (tertiary/aromatic N) is 1. The van der Waals surface area contributed by atoms with Gasteiger partial charge in [0, 0.05) is 29.2 Å². The number of aryl methyl sites for hydroxylation is 1. The van der Waals surface area contributed by atoms with E-state index in [1.165, 1.54) is 24.3 Å². The van der Waals surface area contributed by atoms with Crippen LogP contribution in [-0.2, 0) is 16.0 Å². The summed E-state index contributed by atoms with van der Waals surface area (Å²) < 4.78 is 14.3. The lowest BCUT2D eigenvalue weighted by atomic mass is 10.1. The number of halogens is 1. The summed E-state index contributed by atoms with van der Waals surface area (Å²) in [5.41, 5.74) is 2.92. The Bertz CT molecular complexity index is 1000. The largest absolute Gasteiger partial charge is 0.326 e. The van der Waals surface area contributed by atoms with E-state index in [1.54, 1.807) is 17.5 Å². The van der Waals surface area contributed by atoms with Gasteiger partial charge in [0.15, 0.2) is 0 Å². The quantitative estimate of drug-likeness (QED) is 0.686. The van der Waals surface area contributed by atoms with Crippen molar-refractivity contribution in [1.82, 2.24) is 4.98 Å². The molecule has 2 amide bonds. The van der Waals surface area contributed by atoms with Gasteiger partial charge in [-0.3, -0.25) is 9.59 Å². The third kappa shape index (κ3) is 4.77. The van der Waals surface area contributed by atoms with Crippen LogP contribution in [-0.4, -0.2) is 16.8 Å². The molecule has 5 nitrogen and oxygen atoms in total. The van der Waals surface area contributed by atoms with Crippen molar-refractivity contribution >= 4 is 34.5 Å². The van der Waals surface area contributed by atoms with Gasteiger partial charge in [0.25, 0.3) is 0 Å². The first kappa shape index (κ1) is 18.7. The van der Waals surface area contributed by atoms with Gasteiger partial charge in [-0.05, 0) is 36.8 Å². The van der Waals surface area contributed by atoms with Crippen molar-refractivity contribution in [2.75, 3.05) is 10.6 Å². The van der Waals surface area contributed by atoms with E-state index in [4.69, 9.17) is 0 Å². The lowest BCUT2D eigenvalue weighted by molar-refractivity contribution is -0.116. The highest BCUT2D eigenvalue weighted by molar-refractivity contribution is 7.10. The average Bonchev–Trinajstić information content (AvgIpc) is 3.04. The molecule has 3 rings (SSSR count). The van der Waals surface area contributed by atoms with Crippen LogP contribution in [0.25, 0.3) is 11.3 Å². The van der Waals surface area contributed by atoms with Crippen LogP contribution in [0.2, 0.25) is 0 Å². The Balaban J connectivity index is 1.70. The van der Waals surface area contributed by atoms with E-state index in [0.717, 1.165) is 11.3 Å². The van der Waals surface area contributed by atoms with Gasteiger partial charge in [0.05, 0.1) is 12.1 Å². The molecule has 1 heterocycles. The fraction of sp³-hybridized carbons (Fsp3) is 0.150. The maximum Gasteiger partial charge on any atom is 0.231 e. The summed E-state index contributed by atoms with van der Waals surface area (Å²) in [6.07, 6.45) is 0.116. The minimum Gasteiger partial charge on any atom is -0.326 e. The molecular formula is C20H18FN3O2S. The fourth-order valence-corrected chi connectivity index (χ4v) is 3.36. The zero-order chi connectivity index (χ0) is 19.4. The number of hydrogen-bond acceptors (Lipinski definition) is 4. The monoisotopic (exact) mass is 383 g/mol. The Morgan fingerprint density at radius 2 is 1.93 bits per heavy atom. The normalized spacial score (nSPS) is 10.5. The summed E-state index contributed by atoms with van der Waals surface area (Å²) in [5, 5.41) is 7.71. The maximum absolute atomic E-state index is 14.3. The molecule has 2 aromatic carbocycles. The minimum absolute atomic E-state index is 0.116. The number of hydrogen-bond donors (Lipinski definition) is 2. The Kier molecular flexibility index (Phi) is 5.61. The first-order valence-corrected chi connectivity index (χ1v) is 9.18. The predicted octanol–water partition coefficient (Wildman–Crippen LogP) is 4.40. The van der Waals surface area contributed by atoms with Crippen molar-refractivity contribution in [1.29, 1.82) is 0 Å². The molecule has 0 radical (unpaired) electrons. The van der Waals surface area contributed by atoms with Gasteiger partial charge >= 0.3 is 0 Å². The van der Waals surface area contributed by atoms with E-state index < -0.39 is 5.82 Å². The molecule has 0 saturated carbocycles. The first-order valence-electron chi connectivity index (χ1n) is 8.30. The van der Waals surface area contributed by atoms with Crippen LogP contribution in [0.4, 0.5) is 15.8 Å². The molecule has 0 spiro atoms. The zero-order valence-electron chi connectivity index (χ0n) is 14.9. The molecule has 1 aromatic heterocycles. The minimum atomic E-state index is -0.484. The highest BCUT2D eigenvalue weighted by Gasteiger charge is 2.13. The number of rotatable bonds is 5. The maximum atomic E-state index is 14.3. The van der Waals surface area contributed by atoms with Gasteiger partial charge in [-0.2, -0.15) is 0 Å². The number of nitrogens with one attached hydrogen (secondary N) is 2. The standard InChI is InChI=1S/C20H18FN3O2S/c1-12-5-3-4-6-17(12)23-19(26)10-20-24-18(11-27-20)15-8-7-14(9-16(15)21)22-13(2)25/h3-9,11H,10H2,1-2H3,(H,22,25)(H,23,26). The number of carbonyl (C=O) groups is 2. The summed E-state index contributed by atoms with van der Waals surface area (Å²) >= 11 is 1.30. The Labute approximate surface area is 160 Å². The lowest BCUT2D eigenvalue weighted by Gasteiger charge is -2.07. The van der Waals surface area contributed by atoms with Crippen molar-refractivity contribution < 1.29 is 14.0 Å². The molecule has 2 N–H and O–H groups in total. The van der Waals surface area contributed by atoms with Crippen LogP contribution in [0.5, 0.6) is 0 Å². The van der Waals surface area contributed by atoms with E-state index >= 15 is 0 Å². The molecule has 7 heteroatoms. The summed E-state index contributed by atoms with van der Waals surface area (Å²) in [7, 11) is 0. The van der Waals surface area contributed by atoms with Crippen LogP contribution in [0.1, 0.15) is 17.5 Å².